The molecule has 4 aliphatic rings. The van der Waals surface area contributed by atoms with Crippen molar-refractivity contribution in [2.24, 2.45) is 16.2 Å². The largest absolute Gasteiger partial charge is 0.490 e. The van der Waals surface area contributed by atoms with Gasteiger partial charge >= 0.3 is 0 Å². The van der Waals surface area contributed by atoms with E-state index in [4.69, 9.17) is 25.8 Å². The third-order valence-electron chi connectivity index (χ3n) is 9.81. The van der Waals surface area contributed by atoms with Crippen LogP contribution in [0.4, 0.5) is 5.69 Å². The number of methoxy groups -OCH3 is 2. The lowest BCUT2D eigenvalue weighted by atomic mass is 9.68. The third kappa shape index (κ3) is 6.80. The van der Waals surface area contributed by atoms with E-state index in [2.05, 4.69) is 32.2 Å². The minimum absolute atomic E-state index is 0.0331. The van der Waals surface area contributed by atoms with E-state index in [1.807, 2.05) is 24.3 Å². The lowest BCUT2D eigenvalue weighted by Gasteiger charge is -2.46. The number of amides is 2. The van der Waals surface area contributed by atoms with Gasteiger partial charge in [-0.05, 0) is 98.2 Å². The predicted molar refractivity (Wildman–Crippen MR) is 175 cm³/mol. The van der Waals surface area contributed by atoms with Crippen LogP contribution in [-0.4, -0.2) is 68.4 Å². The second-order valence-corrected chi connectivity index (χ2v) is 15.3. The highest BCUT2D eigenvalue weighted by Crippen LogP contribution is 2.47. The van der Waals surface area contributed by atoms with Crippen molar-refractivity contribution >= 4 is 39.0 Å². The molecule has 2 amide bonds. The van der Waals surface area contributed by atoms with Gasteiger partial charge in [0.25, 0.3) is 11.8 Å². The number of rotatable bonds is 4. The van der Waals surface area contributed by atoms with Gasteiger partial charge in [0.15, 0.2) is 0 Å². The first-order chi connectivity index (χ1) is 21.7. The molecule has 2 aliphatic heterocycles. The van der Waals surface area contributed by atoms with Crippen molar-refractivity contribution in [3.8, 4) is 5.75 Å². The zero-order valence-corrected chi connectivity index (χ0v) is 27.5. The molecule has 1 saturated carbocycles. The molecule has 11 heteroatoms. The molecule has 6 rings (SSSR count). The molecule has 242 valence electrons. The van der Waals surface area contributed by atoms with E-state index in [9.17, 15) is 13.8 Å². The van der Waals surface area contributed by atoms with Crippen LogP contribution in [0.1, 0.15) is 60.0 Å². The third-order valence-corrected chi connectivity index (χ3v) is 11.9. The Hall–Kier alpha value is -2.92. The maximum atomic E-state index is 13.9. The van der Waals surface area contributed by atoms with E-state index in [-0.39, 0.29) is 23.9 Å². The van der Waals surface area contributed by atoms with E-state index in [1.54, 1.807) is 13.2 Å². The molecule has 5 atom stereocenters. The van der Waals surface area contributed by atoms with Gasteiger partial charge in [-0.15, -0.1) is 4.36 Å². The summed E-state index contributed by atoms with van der Waals surface area (Å²) < 4.78 is 37.9. The number of benzene rings is 2. The average molecular weight is 656 g/mol. The van der Waals surface area contributed by atoms with E-state index < -0.39 is 21.7 Å². The monoisotopic (exact) mass is 655 g/mol. The van der Waals surface area contributed by atoms with Gasteiger partial charge in [0.1, 0.15) is 22.3 Å². The van der Waals surface area contributed by atoms with E-state index in [0.717, 1.165) is 55.9 Å². The standard InChI is InChI=1S/C34H42ClN3O6S/c1-42-20-32(39)36-45(41)16-5-3-4-8-30(43-2)27-12-9-25(27)19-38-21-34(15-6-7-23-17-26(35)11-13-28(23)34)22-44-31-14-10-24(18-29(31)38)33(40)37-45/h4,8,10-11,13-14,17-18,25,27,30H,3,5-7,9,12,15-16,19-22H2,1-2H3,(H,36,37,39,40,41)/b8-4+/t25-,27+,30-,34-,45+/m0/s1. The van der Waals surface area contributed by atoms with Crippen molar-refractivity contribution in [3.63, 3.8) is 0 Å². The summed E-state index contributed by atoms with van der Waals surface area (Å²) in [6.07, 6.45) is 10.4. The van der Waals surface area contributed by atoms with Crippen LogP contribution in [0.25, 0.3) is 0 Å². The predicted octanol–water partition coefficient (Wildman–Crippen LogP) is 5.49. The molecule has 0 aromatic heterocycles. The molecule has 0 unspecified atom stereocenters. The summed E-state index contributed by atoms with van der Waals surface area (Å²) in [7, 11) is -0.253. The second kappa shape index (κ2) is 13.4. The van der Waals surface area contributed by atoms with Crippen LogP contribution in [0.5, 0.6) is 5.75 Å². The average Bonchev–Trinajstić information content (AvgIpc) is 3.14. The Labute approximate surface area is 270 Å². The number of allylic oxidation sites excluding steroid dienone is 1. The molecule has 45 heavy (non-hydrogen) atoms. The molecular formula is C34H42ClN3O6S. The molecule has 2 heterocycles. The van der Waals surface area contributed by atoms with Crippen molar-refractivity contribution < 1.29 is 28.0 Å². The number of aryl methyl sites for hydroxylation is 1. The van der Waals surface area contributed by atoms with E-state index in [0.29, 0.717) is 42.6 Å². The summed E-state index contributed by atoms with van der Waals surface area (Å²) in [5.74, 6) is 0.286. The zero-order chi connectivity index (χ0) is 31.6. The van der Waals surface area contributed by atoms with Crippen LogP contribution in [-0.2, 0) is 36.0 Å². The van der Waals surface area contributed by atoms with Gasteiger partial charge in [-0.25, -0.2) is 4.21 Å². The van der Waals surface area contributed by atoms with Gasteiger partial charge < -0.3 is 19.1 Å². The van der Waals surface area contributed by atoms with Gasteiger partial charge in [0.2, 0.25) is 0 Å². The number of halogens is 1. The summed E-state index contributed by atoms with van der Waals surface area (Å²) >= 11 is 6.42. The fourth-order valence-corrected chi connectivity index (χ4v) is 9.23. The maximum absolute atomic E-state index is 13.9. The van der Waals surface area contributed by atoms with Gasteiger partial charge in [-0.1, -0.05) is 29.8 Å². The number of hydrogen-bond acceptors (Lipinski definition) is 7. The normalized spacial score (nSPS) is 30.5. The Bertz CT molecular complexity index is 1600. The first kappa shape index (κ1) is 32.0. The molecule has 2 bridgehead atoms. The summed E-state index contributed by atoms with van der Waals surface area (Å²) in [5.41, 5.74) is 3.43. The Kier molecular flexibility index (Phi) is 9.57. The topological polar surface area (TPSA) is 107 Å². The fourth-order valence-electron chi connectivity index (χ4n) is 7.45. The zero-order valence-electron chi connectivity index (χ0n) is 26.0. The first-order valence-corrected chi connectivity index (χ1v) is 17.9. The van der Waals surface area contributed by atoms with Crippen molar-refractivity contribution in [2.75, 3.05) is 51.2 Å². The molecular weight excluding hydrogens is 614 g/mol. The summed E-state index contributed by atoms with van der Waals surface area (Å²) in [6, 6.07) is 11.5. The molecule has 0 saturated heterocycles. The van der Waals surface area contributed by atoms with Gasteiger partial charge in [-0.2, -0.15) is 0 Å². The number of carbonyl (C=O) groups excluding carboxylic acids is 2. The van der Waals surface area contributed by atoms with E-state index in [1.165, 1.54) is 18.2 Å². The number of ether oxygens (including phenoxy) is 3. The second-order valence-electron chi connectivity index (χ2n) is 12.8. The van der Waals surface area contributed by atoms with Crippen LogP contribution >= 0.6 is 11.6 Å². The lowest BCUT2D eigenvalue weighted by molar-refractivity contribution is -0.122. The maximum Gasteiger partial charge on any atom is 0.286 e. The van der Waals surface area contributed by atoms with Crippen LogP contribution in [0.3, 0.4) is 0 Å². The van der Waals surface area contributed by atoms with Gasteiger partial charge in [0.05, 0.1) is 24.2 Å². The number of hydrogen-bond donors (Lipinski definition) is 1. The van der Waals surface area contributed by atoms with Crippen LogP contribution in [0, 0.1) is 11.8 Å². The number of nitrogens with one attached hydrogen (secondary N) is 1. The Morgan fingerprint density at radius 2 is 2.07 bits per heavy atom. The fraction of sp³-hybridized carbons (Fsp3) is 0.529. The van der Waals surface area contributed by atoms with Crippen LogP contribution in [0.2, 0.25) is 5.02 Å². The molecule has 2 aliphatic carbocycles. The molecule has 2 aromatic carbocycles. The minimum Gasteiger partial charge on any atom is -0.490 e. The number of fused-ring (bicyclic) bond motifs is 4. The molecule has 9 nitrogen and oxygen atoms in total. The quantitative estimate of drug-likeness (QED) is 0.434. The van der Waals surface area contributed by atoms with Gasteiger partial charge in [0, 0.05) is 43.3 Å². The van der Waals surface area contributed by atoms with Crippen LogP contribution < -0.4 is 14.4 Å². The van der Waals surface area contributed by atoms with Crippen molar-refractivity contribution in [1.29, 1.82) is 0 Å². The van der Waals surface area contributed by atoms with Crippen molar-refractivity contribution in [3.05, 3.63) is 70.3 Å². The molecule has 1 N–H and O–H groups in total. The first-order valence-electron chi connectivity index (χ1n) is 15.8. The Morgan fingerprint density at radius 3 is 2.84 bits per heavy atom. The summed E-state index contributed by atoms with van der Waals surface area (Å²) in [4.78, 5) is 28.4. The molecule has 0 radical (unpaired) electrons. The number of carbonyl (C=O) groups is 2. The van der Waals surface area contributed by atoms with Crippen LogP contribution in [0.15, 0.2) is 52.9 Å². The number of nitrogens with zero attached hydrogens (tertiary/aromatic N) is 2. The molecule has 1 spiro atoms. The molecule has 2 aromatic rings. The lowest BCUT2D eigenvalue weighted by Crippen LogP contribution is -2.49. The Balaban J connectivity index is 1.43. The minimum atomic E-state index is -3.39. The highest BCUT2D eigenvalue weighted by atomic mass is 35.5. The Morgan fingerprint density at radius 1 is 1.20 bits per heavy atom. The molecule has 1 fully saturated rings. The summed E-state index contributed by atoms with van der Waals surface area (Å²) in [6.45, 7) is 1.75. The number of anilines is 1. The van der Waals surface area contributed by atoms with Crippen molar-refractivity contribution in [2.45, 2.75) is 56.5 Å². The highest BCUT2D eigenvalue weighted by Gasteiger charge is 2.44. The SMILES string of the molecule is COCC(=O)N[S@@]1(=O)=NC(=O)c2ccc3c(c2)N(C[C@@H]2CC[C@H]2[C@@H](OC)/C=C/CCC1)C[C@@]1(CCCc2cc(Cl)ccc21)CO3. The van der Waals surface area contributed by atoms with Gasteiger partial charge in [-0.3, -0.25) is 14.3 Å². The summed E-state index contributed by atoms with van der Waals surface area (Å²) in [5, 5.41) is 0.742. The van der Waals surface area contributed by atoms with Crippen molar-refractivity contribution in [1.82, 2.24) is 4.72 Å². The highest BCUT2D eigenvalue weighted by molar-refractivity contribution is 7.92. The smallest absolute Gasteiger partial charge is 0.286 e. The van der Waals surface area contributed by atoms with E-state index >= 15 is 0 Å².